The molecule has 0 aliphatic carbocycles. The predicted octanol–water partition coefficient (Wildman–Crippen LogP) is 9.77. The molecular formula is C39H33Cl3N2O5S2. The summed E-state index contributed by atoms with van der Waals surface area (Å²) in [5.41, 5.74) is 5.14. The standard InChI is InChI=1S/C39H33Cl3N2O5S2/c40-29-16-19-35-32(24-29)31(21-23-49-30-17-14-28(15-18-30)39(45)46)36(20-22-43-51(47,48)25-50-38-33(41)12-7-13-34(38)42)44(35)37(26-8-3-1-4-9-26)27-10-5-2-6-11-27/h1-19,24,37,43H,20-23,25H2,(H,45,46). The van der Waals surface area contributed by atoms with Crippen LogP contribution in [0.3, 0.4) is 0 Å². The topological polar surface area (TPSA) is 97.6 Å². The molecule has 1 aromatic heterocycles. The molecule has 0 fully saturated rings. The summed E-state index contributed by atoms with van der Waals surface area (Å²) in [5, 5.41) is 11.3. The molecule has 51 heavy (non-hydrogen) atoms. The number of benzene rings is 5. The van der Waals surface area contributed by atoms with Gasteiger partial charge in [-0.05, 0) is 71.3 Å². The molecule has 1 heterocycles. The van der Waals surface area contributed by atoms with Crippen LogP contribution in [-0.2, 0) is 22.9 Å². The van der Waals surface area contributed by atoms with E-state index in [9.17, 15) is 18.3 Å². The summed E-state index contributed by atoms with van der Waals surface area (Å²) in [6.07, 6.45) is 0.839. The first-order valence-corrected chi connectivity index (χ1v) is 19.8. The van der Waals surface area contributed by atoms with E-state index in [-0.39, 0.29) is 29.8 Å². The molecule has 2 N–H and O–H groups in total. The average molecular weight is 780 g/mol. The lowest BCUT2D eigenvalue weighted by Gasteiger charge is -2.25. The molecule has 12 heteroatoms. The summed E-state index contributed by atoms with van der Waals surface area (Å²) in [4.78, 5) is 11.8. The van der Waals surface area contributed by atoms with Crippen LogP contribution in [0.5, 0.6) is 5.75 Å². The van der Waals surface area contributed by atoms with Gasteiger partial charge in [-0.25, -0.2) is 17.9 Å². The lowest BCUT2D eigenvalue weighted by Crippen LogP contribution is -2.28. The molecule has 7 nitrogen and oxygen atoms in total. The number of carboxylic acids is 1. The summed E-state index contributed by atoms with van der Waals surface area (Å²) >= 11 is 20.3. The second-order valence-corrected chi connectivity index (χ2v) is 16.1. The van der Waals surface area contributed by atoms with Gasteiger partial charge in [0.1, 0.15) is 10.8 Å². The van der Waals surface area contributed by atoms with Crippen LogP contribution in [0.1, 0.15) is 38.8 Å². The fourth-order valence-corrected chi connectivity index (χ4v) is 9.25. The summed E-state index contributed by atoms with van der Waals surface area (Å²) in [5.74, 6) is -0.470. The van der Waals surface area contributed by atoms with Crippen LogP contribution in [0.4, 0.5) is 0 Å². The third kappa shape index (κ3) is 8.92. The third-order valence-electron chi connectivity index (χ3n) is 8.35. The van der Waals surface area contributed by atoms with E-state index in [4.69, 9.17) is 39.5 Å². The number of carbonyl (C=O) groups is 1. The van der Waals surface area contributed by atoms with Crippen LogP contribution in [0.2, 0.25) is 15.1 Å². The fraction of sp³-hybridized carbons (Fsp3) is 0.154. The van der Waals surface area contributed by atoms with E-state index in [1.165, 1.54) is 12.1 Å². The van der Waals surface area contributed by atoms with E-state index in [2.05, 4.69) is 33.6 Å². The second kappa shape index (κ2) is 16.6. The van der Waals surface area contributed by atoms with Crippen molar-refractivity contribution in [2.45, 2.75) is 23.8 Å². The molecule has 0 unspecified atom stereocenters. The maximum atomic E-state index is 13.3. The van der Waals surface area contributed by atoms with Crippen LogP contribution in [0.25, 0.3) is 10.9 Å². The summed E-state index contributed by atoms with van der Waals surface area (Å²) in [6, 6.07) is 37.3. The second-order valence-electron chi connectivity index (χ2n) is 11.7. The number of sulfonamides is 1. The maximum Gasteiger partial charge on any atom is 0.335 e. The molecule has 0 aliphatic heterocycles. The van der Waals surface area contributed by atoms with Crippen LogP contribution < -0.4 is 9.46 Å². The molecule has 0 bridgehead atoms. The number of aromatic nitrogens is 1. The minimum Gasteiger partial charge on any atom is -0.493 e. The molecule has 6 rings (SSSR count). The normalized spacial score (nSPS) is 11.7. The Hall–Kier alpha value is -3.96. The zero-order valence-corrected chi connectivity index (χ0v) is 31.0. The number of nitrogens with zero attached hydrogens (tertiary/aromatic N) is 1. The van der Waals surface area contributed by atoms with Crippen molar-refractivity contribution in [3.05, 3.63) is 164 Å². The van der Waals surface area contributed by atoms with E-state index < -0.39 is 16.0 Å². The Morgan fingerprint density at radius 3 is 2.04 bits per heavy atom. The van der Waals surface area contributed by atoms with Gasteiger partial charge in [0.2, 0.25) is 10.0 Å². The first-order valence-electron chi connectivity index (χ1n) is 16.0. The summed E-state index contributed by atoms with van der Waals surface area (Å²) < 4.78 is 37.7. The molecule has 6 aromatic rings. The monoisotopic (exact) mass is 778 g/mol. The van der Waals surface area contributed by atoms with Gasteiger partial charge in [-0.3, -0.25) is 0 Å². The van der Waals surface area contributed by atoms with Crippen molar-refractivity contribution < 1.29 is 23.1 Å². The number of halogens is 3. The number of carboxylic acid groups (broad SMARTS) is 1. The quantitative estimate of drug-likeness (QED) is 0.101. The average Bonchev–Trinajstić information content (AvgIpc) is 3.40. The minimum atomic E-state index is -3.73. The summed E-state index contributed by atoms with van der Waals surface area (Å²) in [7, 11) is -3.73. The van der Waals surface area contributed by atoms with Gasteiger partial charge in [0.15, 0.2) is 0 Å². The zero-order valence-electron chi connectivity index (χ0n) is 27.1. The number of aromatic carboxylic acids is 1. The van der Waals surface area contributed by atoms with Gasteiger partial charge in [0.05, 0.1) is 28.3 Å². The molecule has 0 amide bonds. The summed E-state index contributed by atoms with van der Waals surface area (Å²) in [6.45, 7) is 0.414. The molecule has 5 aromatic carbocycles. The van der Waals surface area contributed by atoms with E-state index in [1.807, 2.05) is 54.6 Å². The lowest BCUT2D eigenvalue weighted by molar-refractivity contribution is 0.0697. The Morgan fingerprint density at radius 1 is 0.804 bits per heavy atom. The highest BCUT2D eigenvalue weighted by molar-refractivity contribution is 8.11. The van der Waals surface area contributed by atoms with Crippen LogP contribution in [-0.4, -0.2) is 42.3 Å². The van der Waals surface area contributed by atoms with E-state index >= 15 is 0 Å². The highest BCUT2D eigenvalue weighted by Gasteiger charge is 2.26. The SMILES string of the molecule is O=C(O)c1ccc(OCCc2c(CCNS(=O)(=O)CSc3c(Cl)cccc3Cl)n(C(c3ccccc3)c3ccccc3)c3ccc(Cl)cc23)cc1. The van der Waals surface area contributed by atoms with Crippen LogP contribution >= 0.6 is 46.6 Å². The maximum absolute atomic E-state index is 13.3. The van der Waals surface area contributed by atoms with Crippen LogP contribution in [0, 0.1) is 0 Å². The number of ether oxygens (including phenoxy) is 1. The van der Waals surface area contributed by atoms with Crippen molar-refractivity contribution >= 4 is 73.5 Å². The number of nitrogens with one attached hydrogen (secondary N) is 1. The Kier molecular flexibility index (Phi) is 12.0. The first kappa shape index (κ1) is 36.8. The number of hydrogen-bond donors (Lipinski definition) is 2. The Morgan fingerprint density at radius 2 is 1.43 bits per heavy atom. The highest BCUT2D eigenvalue weighted by atomic mass is 35.5. The number of thioether (sulfide) groups is 1. The van der Waals surface area contributed by atoms with Gasteiger partial charge >= 0.3 is 5.97 Å². The van der Waals surface area contributed by atoms with Gasteiger partial charge < -0.3 is 14.4 Å². The molecule has 262 valence electrons. The van der Waals surface area contributed by atoms with Crippen molar-refractivity contribution in [3.8, 4) is 5.75 Å². The van der Waals surface area contributed by atoms with E-state index in [0.717, 1.165) is 45.0 Å². The van der Waals surface area contributed by atoms with Crippen molar-refractivity contribution in [1.29, 1.82) is 0 Å². The first-order chi connectivity index (χ1) is 24.6. The molecule has 0 saturated carbocycles. The van der Waals surface area contributed by atoms with Crippen molar-refractivity contribution in [1.82, 2.24) is 9.29 Å². The number of rotatable bonds is 15. The molecule has 0 spiro atoms. The molecule has 0 radical (unpaired) electrons. The van der Waals surface area contributed by atoms with Gasteiger partial charge in [0.25, 0.3) is 0 Å². The molecular weight excluding hydrogens is 747 g/mol. The van der Waals surface area contributed by atoms with Gasteiger partial charge in [-0.15, -0.1) is 11.8 Å². The lowest BCUT2D eigenvalue weighted by atomic mass is 9.97. The van der Waals surface area contributed by atoms with E-state index in [1.54, 1.807) is 30.3 Å². The molecule has 0 saturated heterocycles. The van der Waals surface area contributed by atoms with Gasteiger partial charge in [0, 0.05) is 45.9 Å². The van der Waals surface area contributed by atoms with Crippen molar-refractivity contribution in [2.24, 2.45) is 0 Å². The largest absolute Gasteiger partial charge is 0.493 e. The van der Waals surface area contributed by atoms with Gasteiger partial charge in [-0.2, -0.15) is 0 Å². The molecule has 0 atom stereocenters. The van der Waals surface area contributed by atoms with Crippen molar-refractivity contribution in [2.75, 3.05) is 18.2 Å². The zero-order chi connectivity index (χ0) is 36.0. The van der Waals surface area contributed by atoms with E-state index in [0.29, 0.717) is 38.6 Å². The molecule has 0 aliphatic rings. The Balaban J connectivity index is 1.37. The predicted molar refractivity (Wildman–Crippen MR) is 207 cm³/mol. The third-order valence-corrected chi connectivity index (χ3v) is 12.5. The minimum absolute atomic E-state index is 0.129. The van der Waals surface area contributed by atoms with Gasteiger partial charge in [-0.1, -0.05) is 102 Å². The highest BCUT2D eigenvalue weighted by Crippen LogP contribution is 2.38. The number of hydrogen-bond acceptors (Lipinski definition) is 5. The Labute approximate surface area is 316 Å². The van der Waals surface area contributed by atoms with Crippen LogP contribution in [0.15, 0.2) is 126 Å². The number of fused-ring (bicyclic) bond motifs is 1. The van der Waals surface area contributed by atoms with Crippen molar-refractivity contribution in [3.63, 3.8) is 0 Å². The Bertz CT molecular complexity index is 2190. The smallest absolute Gasteiger partial charge is 0.335 e. The fourth-order valence-electron chi connectivity index (χ4n) is 6.10.